The number of hydrogen-bond donors (Lipinski definition) is 2. The number of hydrogen-bond acceptors (Lipinski definition) is 4. The van der Waals surface area contributed by atoms with E-state index in [4.69, 9.17) is 5.73 Å². The fraction of sp³-hybridized carbons (Fsp3) is 0.444. The van der Waals surface area contributed by atoms with Gasteiger partial charge >= 0.3 is 0 Å². The molecule has 0 radical (unpaired) electrons. The fourth-order valence-electron chi connectivity index (χ4n) is 1.34. The molecular weight excluding hydrogens is 182 g/mol. The van der Waals surface area contributed by atoms with E-state index in [0.717, 1.165) is 23.9 Å². The maximum atomic E-state index is 5.39. The molecule has 0 saturated heterocycles. The van der Waals surface area contributed by atoms with Crippen LogP contribution in [0.4, 0.5) is 5.82 Å². The predicted octanol–water partition coefficient (Wildman–Crippen LogP) is 1.20. The minimum atomic E-state index is 0.646. The molecular formula is C9H13N3S. The van der Waals surface area contributed by atoms with Crippen LogP contribution in [0.2, 0.25) is 0 Å². The first-order chi connectivity index (χ1) is 6.40. The Hall–Kier alpha value is -0.740. The summed E-state index contributed by atoms with van der Waals surface area (Å²) in [4.78, 5) is 4.50. The third kappa shape index (κ3) is 1.95. The Kier molecular flexibility index (Phi) is 2.71. The van der Waals surface area contributed by atoms with Gasteiger partial charge in [-0.1, -0.05) is 6.07 Å². The molecule has 1 aliphatic heterocycles. The lowest BCUT2D eigenvalue weighted by molar-refractivity contribution is 1.00. The average Bonchev–Trinajstić information content (AvgIpc) is 2.61. The molecule has 0 aliphatic carbocycles. The Morgan fingerprint density at radius 3 is 3.23 bits per heavy atom. The van der Waals surface area contributed by atoms with Crippen molar-refractivity contribution in [3.8, 4) is 0 Å². The quantitative estimate of drug-likeness (QED) is 0.761. The van der Waals surface area contributed by atoms with Crippen molar-refractivity contribution in [3.63, 3.8) is 0 Å². The zero-order valence-corrected chi connectivity index (χ0v) is 8.23. The van der Waals surface area contributed by atoms with E-state index < -0.39 is 0 Å². The van der Waals surface area contributed by atoms with Crippen LogP contribution in [0.3, 0.4) is 0 Å². The highest BCUT2D eigenvalue weighted by Gasteiger charge is 2.12. The lowest BCUT2D eigenvalue weighted by atomic mass is 10.2. The van der Waals surface area contributed by atoms with Crippen molar-refractivity contribution in [3.05, 3.63) is 23.4 Å². The van der Waals surface area contributed by atoms with Crippen molar-refractivity contribution in [2.75, 3.05) is 18.4 Å². The van der Waals surface area contributed by atoms with Crippen LogP contribution in [0, 0.1) is 0 Å². The van der Waals surface area contributed by atoms with Gasteiger partial charge < -0.3 is 11.1 Å². The van der Waals surface area contributed by atoms with Crippen molar-refractivity contribution < 1.29 is 0 Å². The number of thioether (sulfide) groups is 1. The molecule has 70 valence electrons. The molecule has 1 aromatic heterocycles. The van der Waals surface area contributed by atoms with Crippen LogP contribution < -0.4 is 11.1 Å². The third-order valence-corrected chi connectivity index (χ3v) is 3.01. The second-order valence-electron chi connectivity index (χ2n) is 3.01. The van der Waals surface area contributed by atoms with Crippen molar-refractivity contribution in [1.82, 2.24) is 4.98 Å². The molecule has 0 spiro atoms. The molecule has 2 rings (SSSR count). The second-order valence-corrected chi connectivity index (χ2v) is 4.00. The first kappa shape index (κ1) is 8.84. The molecule has 1 aliphatic rings. The molecule has 13 heavy (non-hydrogen) atoms. The minimum Gasteiger partial charge on any atom is -0.369 e. The van der Waals surface area contributed by atoms with Gasteiger partial charge in [-0.3, -0.25) is 0 Å². The standard InChI is InChI=1S/C9H13N3S/c10-3-4-11-9-2-1-7-5-13-6-8(7)12-9/h1-2H,3-6,10H2,(H,11,12). The highest BCUT2D eigenvalue weighted by molar-refractivity contribution is 7.98. The van der Waals surface area contributed by atoms with E-state index in [0.29, 0.717) is 6.54 Å². The zero-order valence-electron chi connectivity index (χ0n) is 7.42. The number of rotatable bonds is 3. The Labute approximate surface area is 82.1 Å². The van der Waals surface area contributed by atoms with E-state index in [1.165, 1.54) is 11.3 Å². The number of nitrogens with two attached hydrogens (primary N) is 1. The van der Waals surface area contributed by atoms with E-state index >= 15 is 0 Å². The number of nitrogens with zero attached hydrogens (tertiary/aromatic N) is 1. The van der Waals surface area contributed by atoms with Gasteiger partial charge in [0.25, 0.3) is 0 Å². The molecule has 0 aromatic carbocycles. The third-order valence-electron chi connectivity index (χ3n) is 2.02. The Morgan fingerprint density at radius 1 is 1.46 bits per heavy atom. The van der Waals surface area contributed by atoms with Gasteiger partial charge in [-0.2, -0.15) is 11.8 Å². The first-order valence-corrected chi connectivity index (χ1v) is 5.56. The lowest BCUT2D eigenvalue weighted by Gasteiger charge is -2.05. The van der Waals surface area contributed by atoms with Gasteiger partial charge in [-0.15, -0.1) is 0 Å². The van der Waals surface area contributed by atoms with Gasteiger partial charge in [0.05, 0.1) is 5.69 Å². The van der Waals surface area contributed by atoms with Crippen LogP contribution in [0.15, 0.2) is 12.1 Å². The topological polar surface area (TPSA) is 50.9 Å². The number of pyridine rings is 1. The summed E-state index contributed by atoms with van der Waals surface area (Å²) >= 11 is 1.92. The summed E-state index contributed by atoms with van der Waals surface area (Å²) in [5, 5.41) is 3.18. The molecule has 0 atom stereocenters. The summed E-state index contributed by atoms with van der Waals surface area (Å²) in [5.41, 5.74) is 8.00. The Bertz CT molecular complexity index is 301. The molecule has 0 bridgehead atoms. The molecule has 0 amide bonds. The summed E-state index contributed by atoms with van der Waals surface area (Å²) in [7, 11) is 0. The van der Waals surface area contributed by atoms with Gasteiger partial charge in [0.2, 0.25) is 0 Å². The van der Waals surface area contributed by atoms with Crippen molar-refractivity contribution in [2.45, 2.75) is 11.5 Å². The van der Waals surface area contributed by atoms with Crippen LogP contribution in [0.5, 0.6) is 0 Å². The zero-order chi connectivity index (χ0) is 9.10. The normalized spacial score (nSPS) is 14.2. The molecule has 0 fully saturated rings. The summed E-state index contributed by atoms with van der Waals surface area (Å²) in [6.45, 7) is 1.44. The van der Waals surface area contributed by atoms with Gasteiger partial charge in [-0.05, 0) is 11.6 Å². The second kappa shape index (κ2) is 3.98. The molecule has 3 nitrogen and oxygen atoms in total. The van der Waals surface area contributed by atoms with Crippen LogP contribution in [0.1, 0.15) is 11.3 Å². The number of anilines is 1. The highest BCUT2D eigenvalue weighted by Crippen LogP contribution is 2.28. The smallest absolute Gasteiger partial charge is 0.126 e. The van der Waals surface area contributed by atoms with E-state index in [2.05, 4.69) is 16.4 Å². The number of aromatic nitrogens is 1. The van der Waals surface area contributed by atoms with Crippen LogP contribution in [0.25, 0.3) is 0 Å². The van der Waals surface area contributed by atoms with Gasteiger partial charge in [-0.25, -0.2) is 4.98 Å². The van der Waals surface area contributed by atoms with Gasteiger partial charge in [0, 0.05) is 24.6 Å². The predicted molar refractivity (Wildman–Crippen MR) is 56.8 cm³/mol. The molecule has 1 aromatic rings. The average molecular weight is 195 g/mol. The molecule has 4 heteroatoms. The SMILES string of the molecule is NCCNc1ccc2c(n1)CSC2. The van der Waals surface area contributed by atoms with Crippen molar-refractivity contribution >= 4 is 17.6 Å². The molecule has 0 unspecified atom stereocenters. The summed E-state index contributed by atoms with van der Waals surface area (Å²) in [6, 6.07) is 4.18. The van der Waals surface area contributed by atoms with Crippen LogP contribution in [-0.2, 0) is 11.5 Å². The first-order valence-electron chi connectivity index (χ1n) is 4.40. The van der Waals surface area contributed by atoms with Crippen LogP contribution in [-0.4, -0.2) is 18.1 Å². The molecule has 2 heterocycles. The highest BCUT2D eigenvalue weighted by atomic mass is 32.2. The van der Waals surface area contributed by atoms with E-state index in [1.54, 1.807) is 0 Å². The minimum absolute atomic E-state index is 0.646. The monoisotopic (exact) mass is 195 g/mol. The largest absolute Gasteiger partial charge is 0.369 e. The fourth-order valence-corrected chi connectivity index (χ4v) is 2.37. The van der Waals surface area contributed by atoms with Crippen molar-refractivity contribution in [2.24, 2.45) is 5.73 Å². The Balaban J connectivity index is 2.12. The Morgan fingerprint density at radius 2 is 2.38 bits per heavy atom. The summed E-state index contributed by atoms with van der Waals surface area (Å²) < 4.78 is 0. The van der Waals surface area contributed by atoms with Crippen molar-refractivity contribution in [1.29, 1.82) is 0 Å². The molecule has 0 saturated carbocycles. The van der Waals surface area contributed by atoms with Gasteiger partial charge in [0.1, 0.15) is 5.82 Å². The number of fused-ring (bicyclic) bond motifs is 1. The summed E-state index contributed by atoms with van der Waals surface area (Å²) in [6.07, 6.45) is 0. The van der Waals surface area contributed by atoms with Gasteiger partial charge in [0.15, 0.2) is 0 Å². The van der Waals surface area contributed by atoms with E-state index in [1.807, 2.05) is 17.8 Å². The maximum absolute atomic E-state index is 5.39. The lowest BCUT2D eigenvalue weighted by Crippen LogP contribution is -2.14. The molecule has 3 N–H and O–H groups in total. The maximum Gasteiger partial charge on any atom is 0.126 e. The van der Waals surface area contributed by atoms with E-state index in [-0.39, 0.29) is 0 Å². The number of nitrogens with one attached hydrogen (secondary N) is 1. The van der Waals surface area contributed by atoms with E-state index in [9.17, 15) is 0 Å². The van der Waals surface area contributed by atoms with Crippen LogP contribution >= 0.6 is 11.8 Å². The summed E-state index contributed by atoms with van der Waals surface area (Å²) in [5.74, 6) is 3.11.